The molecule has 0 radical (unpaired) electrons. The number of carbonyl (C=O) groups is 1. The van der Waals surface area contributed by atoms with E-state index < -0.39 is 0 Å². The maximum absolute atomic E-state index is 13.3. The zero-order valence-corrected chi connectivity index (χ0v) is 16.1. The highest BCUT2D eigenvalue weighted by atomic mass is 79.9. The van der Waals surface area contributed by atoms with E-state index in [4.69, 9.17) is 0 Å². The number of piperidine rings is 1. The minimum atomic E-state index is -0.281. The number of halogens is 2. The number of hydrogen-bond acceptors (Lipinski definition) is 2. The summed E-state index contributed by atoms with van der Waals surface area (Å²) in [5, 5.41) is 3.34. The number of likely N-dealkylation sites (tertiary alicyclic amines) is 1. The van der Waals surface area contributed by atoms with Crippen molar-refractivity contribution in [2.45, 2.75) is 50.0 Å². The van der Waals surface area contributed by atoms with Gasteiger partial charge in [-0.25, -0.2) is 0 Å². The first-order valence-electron chi connectivity index (χ1n) is 8.38. The second-order valence-corrected chi connectivity index (χ2v) is 7.57. The molecule has 0 aromatic heterocycles. The van der Waals surface area contributed by atoms with Crippen LogP contribution in [-0.2, 0) is 10.2 Å². The molecular weight excluding hydrogens is 376 g/mol. The van der Waals surface area contributed by atoms with Crippen LogP contribution in [0.2, 0.25) is 0 Å². The molecule has 1 aromatic rings. The van der Waals surface area contributed by atoms with Gasteiger partial charge in [0.05, 0.1) is 5.41 Å². The Morgan fingerprint density at radius 3 is 2.48 bits per heavy atom. The number of benzene rings is 1. The highest BCUT2D eigenvalue weighted by molar-refractivity contribution is 9.10. The summed E-state index contributed by atoms with van der Waals surface area (Å²) >= 11 is 3.56. The van der Waals surface area contributed by atoms with Crippen molar-refractivity contribution in [3.8, 4) is 0 Å². The standard InChI is InChI=1S/C18H25BrN2O.ClH/c1-20-16-7-11-21(12-8-16)17(22)18(9-2-3-10-18)14-5-4-6-15(19)13-14;/h4-6,13,16,20H,2-3,7-12H2,1H3;1H. The quantitative estimate of drug-likeness (QED) is 0.833. The van der Waals surface area contributed by atoms with Gasteiger partial charge in [-0.3, -0.25) is 4.79 Å². The van der Waals surface area contributed by atoms with Crippen LogP contribution in [0.5, 0.6) is 0 Å². The minimum Gasteiger partial charge on any atom is -0.342 e. The van der Waals surface area contributed by atoms with Crippen molar-refractivity contribution in [2.24, 2.45) is 0 Å². The monoisotopic (exact) mass is 400 g/mol. The average Bonchev–Trinajstić information content (AvgIpc) is 3.05. The molecule has 1 aromatic carbocycles. The fourth-order valence-corrected chi connectivity index (χ4v) is 4.46. The zero-order chi connectivity index (χ0) is 15.6. The predicted octanol–water partition coefficient (Wildman–Crippen LogP) is 3.89. The summed E-state index contributed by atoms with van der Waals surface area (Å²) in [6.45, 7) is 1.78. The maximum Gasteiger partial charge on any atom is 0.233 e. The number of nitrogens with zero attached hydrogens (tertiary/aromatic N) is 1. The molecule has 1 saturated heterocycles. The first-order chi connectivity index (χ1) is 10.7. The van der Waals surface area contributed by atoms with E-state index in [1.807, 2.05) is 13.1 Å². The lowest BCUT2D eigenvalue weighted by Gasteiger charge is -2.39. The number of nitrogens with one attached hydrogen (secondary N) is 1. The van der Waals surface area contributed by atoms with Gasteiger partial charge < -0.3 is 10.2 Å². The molecule has 1 aliphatic carbocycles. The van der Waals surface area contributed by atoms with Crippen molar-refractivity contribution in [3.63, 3.8) is 0 Å². The van der Waals surface area contributed by atoms with Crippen LogP contribution in [0.1, 0.15) is 44.1 Å². The van der Waals surface area contributed by atoms with Crippen molar-refractivity contribution in [3.05, 3.63) is 34.3 Å². The summed E-state index contributed by atoms with van der Waals surface area (Å²) in [5.74, 6) is 0.359. The Labute approximate surface area is 153 Å². The van der Waals surface area contributed by atoms with Crippen LogP contribution in [-0.4, -0.2) is 37.0 Å². The van der Waals surface area contributed by atoms with Crippen LogP contribution in [0, 0.1) is 0 Å². The number of rotatable bonds is 3. The van der Waals surface area contributed by atoms with E-state index in [1.54, 1.807) is 0 Å². The highest BCUT2D eigenvalue weighted by Crippen LogP contribution is 2.43. The van der Waals surface area contributed by atoms with E-state index in [0.29, 0.717) is 11.9 Å². The topological polar surface area (TPSA) is 32.3 Å². The van der Waals surface area contributed by atoms with Crippen molar-refractivity contribution >= 4 is 34.2 Å². The van der Waals surface area contributed by atoms with Crippen molar-refractivity contribution < 1.29 is 4.79 Å². The Kier molecular flexibility index (Phi) is 6.52. The second kappa shape index (κ2) is 8.00. The molecule has 1 aliphatic heterocycles. The molecular formula is C18H26BrClN2O. The molecule has 5 heteroatoms. The van der Waals surface area contributed by atoms with Gasteiger partial charge in [-0.05, 0) is 50.4 Å². The minimum absolute atomic E-state index is 0. The molecule has 1 N–H and O–H groups in total. The molecule has 2 aliphatic rings. The molecule has 1 heterocycles. The number of hydrogen-bond donors (Lipinski definition) is 1. The molecule has 23 heavy (non-hydrogen) atoms. The molecule has 3 rings (SSSR count). The Morgan fingerprint density at radius 2 is 1.91 bits per heavy atom. The first kappa shape index (κ1) is 18.8. The average molecular weight is 402 g/mol. The summed E-state index contributed by atoms with van der Waals surface area (Å²) in [6.07, 6.45) is 6.44. The SMILES string of the molecule is CNC1CCN(C(=O)C2(c3cccc(Br)c3)CCCC2)CC1.Cl. The summed E-state index contributed by atoms with van der Waals surface area (Å²) in [5.41, 5.74) is 0.913. The van der Waals surface area contributed by atoms with Gasteiger partial charge >= 0.3 is 0 Å². The van der Waals surface area contributed by atoms with Gasteiger partial charge in [0, 0.05) is 23.6 Å². The molecule has 0 unspecified atom stereocenters. The molecule has 3 nitrogen and oxygen atoms in total. The third kappa shape index (κ3) is 3.75. The summed E-state index contributed by atoms with van der Waals surface area (Å²) in [7, 11) is 2.02. The lowest BCUT2D eigenvalue weighted by Crippen LogP contribution is -2.50. The predicted molar refractivity (Wildman–Crippen MR) is 100 cm³/mol. The fraction of sp³-hybridized carbons (Fsp3) is 0.611. The van der Waals surface area contributed by atoms with E-state index in [1.165, 1.54) is 5.56 Å². The van der Waals surface area contributed by atoms with Crippen LogP contribution in [0.3, 0.4) is 0 Å². The summed E-state index contributed by atoms with van der Waals surface area (Å²) in [4.78, 5) is 15.4. The molecule has 0 spiro atoms. The summed E-state index contributed by atoms with van der Waals surface area (Å²) < 4.78 is 1.07. The third-order valence-electron chi connectivity index (χ3n) is 5.43. The largest absolute Gasteiger partial charge is 0.342 e. The molecule has 1 saturated carbocycles. The van der Waals surface area contributed by atoms with E-state index >= 15 is 0 Å². The van der Waals surface area contributed by atoms with Crippen LogP contribution >= 0.6 is 28.3 Å². The fourth-order valence-electron chi connectivity index (χ4n) is 4.06. The normalized spacial score (nSPS) is 21.0. The highest BCUT2D eigenvalue weighted by Gasteiger charge is 2.45. The Hall–Kier alpha value is -0.580. The lowest BCUT2D eigenvalue weighted by atomic mass is 9.77. The van der Waals surface area contributed by atoms with Gasteiger partial charge in [-0.15, -0.1) is 12.4 Å². The Morgan fingerprint density at radius 1 is 1.26 bits per heavy atom. The Bertz CT molecular complexity index is 538. The van der Waals surface area contributed by atoms with Gasteiger partial charge in [0.15, 0.2) is 0 Å². The van der Waals surface area contributed by atoms with E-state index in [0.717, 1.165) is 56.1 Å². The first-order valence-corrected chi connectivity index (χ1v) is 9.18. The maximum atomic E-state index is 13.3. The molecule has 0 atom stereocenters. The van der Waals surface area contributed by atoms with E-state index in [9.17, 15) is 4.79 Å². The van der Waals surface area contributed by atoms with Gasteiger partial charge in [-0.2, -0.15) is 0 Å². The zero-order valence-electron chi connectivity index (χ0n) is 13.7. The molecule has 128 valence electrons. The third-order valence-corrected chi connectivity index (χ3v) is 5.93. The van der Waals surface area contributed by atoms with Gasteiger partial charge in [0.2, 0.25) is 5.91 Å². The number of carbonyl (C=O) groups excluding carboxylic acids is 1. The van der Waals surface area contributed by atoms with Crippen LogP contribution in [0.4, 0.5) is 0 Å². The molecule has 1 amide bonds. The van der Waals surface area contributed by atoms with Crippen molar-refractivity contribution in [1.82, 2.24) is 10.2 Å². The van der Waals surface area contributed by atoms with Crippen LogP contribution in [0.15, 0.2) is 28.7 Å². The number of amides is 1. The van der Waals surface area contributed by atoms with Crippen LogP contribution in [0.25, 0.3) is 0 Å². The van der Waals surface area contributed by atoms with Gasteiger partial charge in [0.1, 0.15) is 0 Å². The van der Waals surface area contributed by atoms with Crippen molar-refractivity contribution in [1.29, 1.82) is 0 Å². The van der Waals surface area contributed by atoms with E-state index in [-0.39, 0.29) is 17.8 Å². The lowest BCUT2D eigenvalue weighted by molar-refractivity contribution is -0.138. The molecule has 0 bridgehead atoms. The molecule has 2 fully saturated rings. The van der Waals surface area contributed by atoms with Crippen LogP contribution < -0.4 is 5.32 Å². The van der Waals surface area contributed by atoms with E-state index in [2.05, 4.69) is 44.3 Å². The van der Waals surface area contributed by atoms with Gasteiger partial charge in [0.25, 0.3) is 0 Å². The second-order valence-electron chi connectivity index (χ2n) is 6.65. The van der Waals surface area contributed by atoms with Crippen molar-refractivity contribution in [2.75, 3.05) is 20.1 Å². The Balaban J connectivity index is 0.00000192. The smallest absolute Gasteiger partial charge is 0.233 e. The summed E-state index contributed by atoms with van der Waals surface area (Å²) in [6, 6.07) is 8.93. The van der Waals surface area contributed by atoms with Gasteiger partial charge in [-0.1, -0.05) is 40.9 Å².